The van der Waals surface area contributed by atoms with Crippen LogP contribution in [0.5, 0.6) is 11.6 Å². The minimum absolute atomic E-state index is 0.531. The molecule has 0 aromatic carbocycles. The van der Waals surface area contributed by atoms with Gasteiger partial charge in [-0.05, 0) is 18.5 Å². The van der Waals surface area contributed by atoms with Crippen molar-refractivity contribution in [3.63, 3.8) is 0 Å². The van der Waals surface area contributed by atoms with Crippen LogP contribution in [0.3, 0.4) is 0 Å². The first-order valence-corrected chi connectivity index (χ1v) is 6.60. The van der Waals surface area contributed by atoms with Crippen LogP contribution >= 0.6 is 11.6 Å². The lowest BCUT2D eigenvalue weighted by molar-refractivity contribution is 0.460. The van der Waals surface area contributed by atoms with Crippen molar-refractivity contribution in [2.75, 3.05) is 6.54 Å². The molecule has 2 aromatic heterocycles. The molecule has 19 heavy (non-hydrogen) atoms. The molecule has 0 spiro atoms. The summed E-state index contributed by atoms with van der Waals surface area (Å²) in [6, 6.07) is 5.53. The highest BCUT2D eigenvalue weighted by Gasteiger charge is 2.00. The van der Waals surface area contributed by atoms with E-state index in [4.69, 9.17) is 16.3 Å². The fourth-order valence-corrected chi connectivity index (χ4v) is 1.72. The van der Waals surface area contributed by atoms with Gasteiger partial charge in [-0.15, -0.1) is 0 Å². The Kier molecular flexibility index (Phi) is 5.12. The lowest BCUT2D eigenvalue weighted by Gasteiger charge is -2.06. The van der Waals surface area contributed by atoms with E-state index in [-0.39, 0.29) is 0 Å². The number of hydrogen-bond donors (Lipinski definition) is 1. The molecule has 0 aliphatic heterocycles. The van der Waals surface area contributed by atoms with E-state index in [1.807, 2.05) is 12.1 Å². The fraction of sp³-hybridized carbons (Fsp3) is 0.286. The number of ether oxygens (including phenoxy) is 1. The monoisotopic (exact) mass is 277 g/mol. The predicted molar refractivity (Wildman–Crippen MR) is 75.6 cm³/mol. The Balaban J connectivity index is 1.95. The summed E-state index contributed by atoms with van der Waals surface area (Å²) in [5.41, 5.74) is 1.13. The van der Waals surface area contributed by atoms with Crippen molar-refractivity contribution in [1.29, 1.82) is 0 Å². The van der Waals surface area contributed by atoms with E-state index in [1.165, 1.54) is 0 Å². The van der Waals surface area contributed by atoms with Gasteiger partial charge in [-0.1, -0.05) is 24.6 Å². The highest BCUT2D eigenvalue weighted by Crippen LogP contribution is 2.21. The molecule has 0 fully saturated rings. The van der Waals surface area contributed by atoms with Crippen molar-refractivity contribution in [1.82, 2.24) is 15.3 Å². The molecule has 0 bridgehead atoms. The number of aromatic nitrogens is 2. The number of nitrogens with one attached hydrogen (secondary N) is 1. The SMILES string of the molecule is CCCNCc1ccc(Oc2cncc(Cl)c2)nc1. The molecule has 2 heterocycles. The van der Waals surface area contributed by atoms with Gasteiger partial charge in [0.25, 0.3) is 0 Å². The third-order valence-electron chi connectivity index (χ3n) is 2.46. The van der Waals surface area contributed by atoms with E-state index < -0.39 is 0 Å². The summed E-state index contributed by atoms with van der Waals surface area (Å²) in [4.78, 5) is 8.20. The van der Waals surface area contributed by atoms with Gasteiger partial charge >= 0.3 is 0 Å². The Bertz CT molecular complexity index is 516. The third kappa shape index (κ3) is 4.50. The molecule has 5 heteroatoms. The van der Waals surface area contributed by atoms with Crippen molar-refractivity contribution in [2.24, 2.45) is 0 Å². The molecular weight excluding hydrogens is 262 g/mol. The maximum absolute atomic E-state index is 5.84. The highest BCUT2D eigenvalue weighted by molar-refractivity contribution is 6.30. The summed E-state index contributed by atoms with van der Waals surface area (Å²) in [5, 5.41) is 3.86. The van der Waals surface area contributed by atoms with Crippen LogP contribution in [0, 0.1) is 0 Å². The summed E-state index contributed by atoms with van der Waals surface area (Å²) in [6.45, 7) is 3.97. The zero-order valence-electron chi connectivity index (χ0n) is 10.8. The van der Waals surface area contributed by atoms with E-state index >= 15 is 0 Å². The fourth-order valence-electron chi connectivity index (χ4n) is 1.55. The van der Waals surface area contributed by atoms with E-state index in [2.05, 4.69) is 22.2 Å². The highest BCUT2D eigenvalue weighted by atomic mass is 35.5. The largest absolute Gasteiger partial charge is 0.437 e. The van der Waals surface area contributed by atoms with Gasteiger partial charge in [0, 0.05) is 31.1 Å². The van der Waals surface area contributed by atoms with Crippen LogP contribution in [-0.4, -0.2) is 16.5 Å². The van der Waals surface area contributed by atoms with Gasteiger partial charge in [0.15, 0.2) is 0 Å². The molecule has 0 atom stereocenters. The molecule has 4 nitrogen and oxygen atoms in total. The number of pyridine rings is 2. The van der Waals surface area contributed by atoms with Crippen LogP contribution in [0.25, 0.3) is 0 Å². The van der Waals surface area contributed by atoms with E-state index in [0.717, 1.165) is 25.1 Å². The Labute approximate surface area is 117 Å². The van der Waals surface area contributed by atoms with Gasteiger partial charge in [-0.2, -0.15) is 0 Å². The minimum atomic E-state index is 0.531. The maximum Gasteiger partial charge on any atom is 0.219 e. The van der Waals surface area contributed by atoms with Crippen LogP contribution in [0.2, 0.25) is 5.02 Å². The van der Waals surface area contributed by atoms with E-state index in [9.17, 15) is 0 Å². The van der Waals surface area contributed by atoms with E-state index in [1.54, 1.807) is 24.7 Å². The molecule has 100 valence electrons. The summed E-state index contributed by atoms with van der Waals surface area (Å²) in [6.07, 6.45) is 6.08. The normalized spacial score (nSPS) is 10.4. The first-order chi connectivity index (χ1) is 9.28. The quantitative estimate of drug-likeness (QED) is 0.822. The summed E-state index contributed by atoms with van der Waals surface area (Å²) < 4.78 is 5.56. The van der Waals surface area contributed by atoms with Gasteiger partial charge in [0.1, 0.15) is 5.75 Å². The van der Waals surface area contributed by atoms with E-state index in [0.29, 0.717) is 16.7 Å². The smallest absolute Gasteiger partial charge is 0.219 e. The topological polar surface area (TPSA) is 47.0 Å². The molecule has 0 aliphatic carbocycles. The Hall–Kier alpha value is -1.65. The van der Waals surface area contributed by atoms with Crippen molar-refractivity contribution in [2.45, 2.75) is 19.9 Å². The van der Waals surface area contributed by atoms with Crippen molar-refractivity contribution in [3.8, 4) is 11.6 Å². The van der Waals surface area contributed by atoms with Gasteiger partial charge in [0.2, 0.25) is 5.88 Å². The Morgan fingerprint density at radius 2 is 2.16 bits per heavy atom. The maximum atomic E-state index is 5.84. The minimum Gasteiger partial charge on any atom is -0.437 e. The molecule has 0 amide bonds. The standard InChI is InChI=1S/C14H16ClN3O/c1-2-5-16-7-11-3-4-14(18-8-11)19-13-6-12(15)9-17-10-13/h3-4,6,8-10,16H,2,5,7H2,1H3. The number of hydrogen-bond acceptors (Lipinski definition) is 4. The van der Waals surface area contributed by atoms with Crippen LogP contribution in [0.4, 0.5) is 0 Å². The molecule has 1 N–H and O–H groups in total. The van der Waals surface area contributed by atoms with Crippen molar-refractivity contribution < 1.29 is 4.74 Å². The molecule has 2 rings (SSSR count). The van der Waals surface area contributed by atoms with Gasteiger partial charge < -0.3 is 10.1 Å². The summed E-state index contributed by atoms with van der Waals surface area (Å²) >= 11 is 5.84. The van der Waals surface area contributed by atoms with Crippen LogP contribution in [0.1, 0.15) is 18.9 Å². The molecule has 0 radical (unpaired) electrons. The van der Waals surface area contributed by atoms with Crippen molar-refractivity contribution in [3.05, 3.63) is 47.4 Å². The lowest BCUT2D eigenvalue weighted by atomic mass is 10.3. The molecule has 0 saturated carbocycles. The average Bonchev–Trinajstić information content (AvgIpc) is 2.41. The second-order valence-corrected chi connectivity index (χ2v) is 4.56. The van der Waals surface area contributed by atoms with Crippen molar-refractivity contribution >= 4 is 11.6 Å². The van der Waals surface area contributed by atoms with Gasteiger partial charge in [-0.3, -0.25) is 4.98 Å². The second-order valence-electron chi connectivity index (χ2n) is 4.12. The molecule has 0 unspecified atom stereocenters. The Morgan fingerprint density at radius 1 is 1.26 bits per heavy atom. The summed E-state index contributed by atoms with van der Waals surface area (Å²) in [5.74, 6) is 1.11. The number of rotatable bonds is 6. The first kappa shape index (κ1) is 13.8. The molecule has 0 aliphatic rings. The molecular formula is C14H16ClN3O. The molecule has 2 aromatic rings. The van der Waals surface area contributed by atoms with Gasteiger partial charge in [0.05, 0.1) is 11.2 Å². The number of nitrogens with zero attached hydrogens (tertiary/aromatic N) is 2. The third-order valence-corrected chi connectivity index (χ3v) is 2.66. The summed E-state index contributed by atoms with van der Waals surface area (Å²) in [7, 11) is 0. The van der Waals surface area contributed by atoms with Crippen LogP contribution < -0.4 is 10.1 Å². The zero-order valence-corrected chi connectivity index (χ0v) is 11.5. The van der Waals surface area contributed by atoms with Gasteiger partial charge in [-0.25, -0.2) is 4.98 Å². The lowest BCUT2D eigenvalue weighted by Crippen LogP contribution is -2.13. The Morgan fingerprint density at radius 3 is 2.84 bits per heavy atom. The zero-order chi connectivity index (χ0) is 13.5. The van der Waals surface area contributed by atoms with Crippen LogP contribution in [0.15, 0.2) is 36.8 Å². The van der Waals surface area contributed by atoms with Crippen LogP contribution in [-0.2, 0) is 6.54 Å². The second kappa shape index (κ2) is 7.07. The predicted octanol–water partition coefficient (Wildman–Crippen LogP) is 3.42. The molecule has 0 saturated heterocycles. The number of halogens is 1. The average molecular weight is 278 g/mol. The first-order valence-electron chi connectivity index (χ1n) is 6.22.